The van der Waals surface area contributed by atoms with Crippen LogP contribution in [-0.2, 0) is 0 Å². The van der Waals surface area contributed by atoms with Crippen LogP contribution >= 0.6 is 11.8 Å². The number of ether oxygens (including phenoxy) is 1. The average Bonchev–Trinajstić information content (AvgIpc) is 2.29. The van der Waals surface area contributed by atoms with Gasteiger partial charge in [-0.25, -0.2) is 5.84 Å². The summed E-state index contributed by atoms with van der Waals surface area (Å²) in [6, 6.07) is 0.247. The number of nitrogen functional groups attached to an aromatic ring is 1. The van der Waals surface area contributed by atoms with Gasteiger partial charge < -0.3 is 9.84 Å². The molecule has 0 bridgehead atoms. The summed E-state index contributed by atoms with van der Waals surface area (Å²) in [5.41, 5.74) is 2.35. The predicted octanol–water partition coefficient (Wildman–Crippen LogP) is 0.0304. The summed E-state index contributed by atoms with van der Waals surface area (Å²) < 4.78 is 5.17. The molecule has 1 aromatic heterocycles. The summed E-state index contributed by atoms with van der Waals surface area (Å²) in [5.74, 6) is 6.23. The van der Waals surface area contributed by atoms with Crippen LogP contribution in [0.15, 0.2) is 5.16 Å². The first-order chi connectivity index (χ1) is 7.80. The van der Waals surface area contributed by atoms with E-state index >= 15 is 0 Å². The molecule has 0 spiro atoms. The normalized spacial score (nSPS) is 10.2. The lowest BCUT2D eigenvalue weighted by molar-refractivity contribution is 0.296. The van der Waals surface area contributed by atoms with E-state index in [9.17, 15) is 0 Å². The lowest BCUT2D eigenvalue weighted by Gasteiger charge is -2.05. The third-order valence-corrected chi connectivity index (χ3v) is 2.46. The number of thioether (sulfide) groups is 1. The van der Waals surface area contributed by atoms with E-state index in [2.05, 4.69) is 20.4 Å². The first-order valence-electron chi connectivity index (χ1n) is 4.89. The molecular weight excluding hydrogens is 230 g/mol. The van der Waals surface area contributed by atoms with Gasteiger partial charge >= 0.3 is 6.01 Å². The summed E-state index contributed by atoms with van der Waals surface area (Å²) in [6.07, 6.45) is 0.686. The fraction of sp³-hybridized carbons (Fsp3) is 0.625. The Kier molecular flexibility index (Phi) is 5.83. The number of aromatic nitrogens is 3. The van der Waals surface area contributed by atoms with Crippen molar-refractivity contribution in [3.8, 4) is 6.01 Å². The maximum Gasteiger partial charge on any atom is 0.322 e. The number of nitrogens with two attached hydrogens (primary N) is 1. The minimum absolute atomic E-state index is 0.151. The van der Waals surface area contributed by atoms with Crippen LogP contribution < -0.4 is 16.0 Å². The molecule has 16 heavy (non-hydrogen) atoms. The van der Waals surface area contributed by atoms with Crippen molar-refractivity contribution in [2.45, 2.75) is 18.5 Å². The van der Waals surface area contributed by atoms with Crippen molar-refractivity contribution < 1.29 is 9.84 Å². The van der Waals surface area contributed by atoms with Crippen molar-refractivity contribution in [3.05, 3.63) is 0 Å². The number of hydrogen-bond acceptors (Lipinski definition) is 8. The van der Waals surface area contributed by atoms with E-state index in [1.165, 1.54) is 11.8 Å². The van der Waals surface area contributed by atoms with E-state index in [4.69, 9.17) is 15.7 Å². The van der Waals surface area contributed by atoms with E-state index < -0.39 is 0 Å². The quantitative estimate of drug-likeness (QED) is 0.267. The number of rotatable bonds is 7. The summed E-state index contributed by atoms with van der Waals surface area (Å²) in [6.45, 7) is 2.48. The van der Waals surface area contributed by atoms with Gasteiger partial charge in [0.15, 0.2) is 5.16 Å². The number of aliphatic hydroxyl groups excluding tert-OH is 1. The molecule has 1 rings (SSSR count). The maximum atomic E-state index is 8.66. The zero-order valence-electron chi connectivity index (χ0n) is 9.01. The summed E-state index contributed by atoms with van der Waals surface area (Å²) in [4.78, 5) is 12.1. The highest BCUT2D eigenvalue weighted by atomic mass is 32.2. The third kappa shape index (κ3) is 4.17. The van der Waals surface area contributed by atoms with Crippen LogP contribution in [0.4, 0.5) is 5.95 Å². The Morgan fingerprint density at radius 2 is 2.25 bits per heavy atom. The molecule has 0 aliphatic carbocycles. The van der Waals surface area contributed by atoms with E-state index in [0.717, 1.165) is 5.75 Å². The van der Waals surface area contributed by atoms with Crippen LogP contribution in [-0.4, -0.2) is 39.0 Å². The molecular formula is C8H15N5O2S. The highest BCUT2D eigenvalue weighted by molar-refractivity contribution is 7.99. The first-order valence-corrected chi connectivity index (χ1v) is 5.87. The molecule has 0 aromatic carbocycles. The molecule has 0 atom stereocenters. The standard InChI is InChI=1S/C8H15N5O2S/c1-2-15-7-10-6(13-9)11-8(12-7)16-5-3-4-14/h14H,2-5,9H2,1H3,(H,10,11,12,13). The summed E-state index contributed by atoms with van der Waals surface area (Å²) >= 11 is 1.42. The number of aliphatic hydroxyl groups is 1. The van der Waals surface area contributed by atoms with Crippen molar-refractivity contribution in [2.75, 3.05) is 24.4 Å². The minimum atomic E-state index is 0.151. The van der Waals surface area contributed by atoms with Gasteiger partial charge in [-0.05, 0) is 13.3 Å². The van der Waals surface area contributed by atoms with Crippen LogP contribution in [0.5, 0.6) is 6.01 Å². The average molecular weight is 245 g/mol. The second-order valence-electron chi connectivity index (χ2n) is 2.73. The number of hydrazine groups is 1. The molecule has 0 unspecified atom stereocenters. The zero-order chi connectivity index (χ0) is 11.8. The Morgan fingerprint density at radius 1 is 1.44 bits per heavy atom. The maximum absolute atomic E-state index is 8.66. The summed E-state index contributed by atoms with van der Waals surface area (Å²) in [5, 5.41) is 9.19. The topological polar surface area (TPSA) is 106 Å². The Balaban J connectivity index is 2.69. The lowest BCUT2D eigenvalue weighted by Crippen LogP contribution is -2.12. The van der Waals surface area contributed by atoms with Crippen molar-refractivity contribution >= 4 is 17.7 Å². The highest BCUT2D eigenvalue weighted by Crippen LogP contribution is 2.17. The second-order valence-corrected chi connectivity index (χ2v) is 3.79. The third-order valence-electron chi connectivity index (χ3n) is 1.53. The largest absolute Gasteiger partial charge is 0.464 e. The fourth-order valence-corrected chi connectivity index (χ4v) is 1.64. The SMILES string of the molecule is CCOc1nc(NN)nc(SCCCO)n1. The molecule has 8 heteroatoms. The molecule has 0 aliphatic rings. The van der Waals surface area contributed by atoms with Crippen LogP contribution in [0.2, 0.25) is 0 Å². The minimum Gasteiger partial charge on any atom is -0.464 e. The lowest BCUT2D eigenvalue weighted by atomic mass is 10.5. The predicted molar refractivity (Wildman–Crippen MR) is 61.2 cm³/mol. The number of nitrogens with one attached hydrogen (secondary N) is 1. The van der Waals surface area contributed by atoms with Crippen molar-refractivity contribution in [1.82, 2.24) is 15.0 Å². The van der Waals surface area contributed by atoms with Gasteiger partial charge in [0, 0.05) is 12.4 Å². The molecule has 1 aromatic rings. The van der Waals surface area contributed by atoms with Gasteiger partial charge in [0.1, 0.15) is 0 Å². The Morgan fingerprint density at radius 3 is 2.88 bits per heavy atom. The van der Waals surface area contributed by atoms with Crippen LogP contribution in [0.1, 0.15) is 13.3 Å². The van der Waals surface area contributed by atoms with Gasteiger partial charge in [0.05, 0.1) is 6.61 Å². The first kappa shape index (κ1) is 12.9. The van der Waals surface area contributed by atoms with Gasteiger partial charge in [-0.15, -0.1) is 0 Å². The van der Waals surface area contributed by atoms with Gasteiger partial charge in [-0.2, -0.15) is 15.0 Å². The van der Waals surface area contributed by atoms with Crippen LogP contribution in [0, 0.1) is 0 Å². The van der Waals surface area contributed by atoms with Crippen molar-refractivity contribution in [1.29, 1.82) is 0 Å². The van der Waals surface area contributed by atoms with Gasteiger partial charge in [0.25, 0.3) is 0 Å². The van der Waals surface area contributed by atoms with E-state index in [0.29, 0.717) is 18.2 Å². The monoisotopic (exact) mass is 245 g/mol. The Labute approximate surface area is 97.8 Å². The molecule has 0 saturated carbocycles. The number of anilines is 1. The van der Waals surface area contributed by atoms with E-state index in [-0.39, 0.29) is 18.6 Å². The molecule has 1 heterocycles. The molecule has 0 fully saturated rings. The van der Waals surface area contributed by atoms with E-state index in [1.54, 1.807) is 0 Å². The molecule has 90 valence electrons. The molecule has 0 saturated heterocycles. The van der Waals surface area contributed by atoms with Crippen molar-refractivity contribution in [2.24, 2.45) is 5.84 Å². The zero-order valence-corrected chi connectivity index (χ0v) is 9.83. The Bertz CT molecular complexity index is 325. The second kappa shape index (κ2) is 7.20. The van der Waals surface area contributed by atoms with Gasteiger partial charge in [-0.3, -0.25) is 5.43 Å². The number of nitrogens with zero attached hydrogens (tertiary/aromatic N) is 3. The van der Waals surface area contributed by atoms with E-state index in [1.807, 2.05) is 6.92 Å². The van der Waals surface area contributed by atoms with Gasteiger partial charge in [0.2, 0.25) is 5.95 Å². The van der Waals surface area contributed by atoms with Gasteiger partial charge in [-0.1, -0.05) is 11.8 Å². The highest BCUT2D eigenvalue weighted by Gasteiger charge is 2.06. The molecule has 0 aliphatic heterocycles. The smallest absolute Gasteiger partial charge is 0.322 e. The summed E-state index contributed by atoms with van der Waals surface area (Å²) in [7, 11) is 0. The number of hydrogen-bond donors (Lipinski definition) is 3. The molecule has 0 amide bonds. The molecule has 0 radical (unpaired) electrons. The molecule has 7 nitrogen and oxygen atoms in total. The van der Waals surface area contributed by atoms with Crippen molar-refractivity contribution in [3.63, 3.8) is 0 Å². The van der Waals surface area contributed by atoms with Crippen LogP contribution in [0.25, 0.3) is 0 Å². The Hall–Kier alpha value is -1.12. The fourth-order valence-electron chi connectivity index (χ4n) is 0.889. The molecule has 4 N–H and O–H groups in total. The van der Waals surface area contributed by atoms with Crippen LogP contribution in [0.3, 0.4) is 0 Å².